The van der Waals surface area contributed by atoms with Gasteiger partial charge < -0.3 is 0 Å². The lowest BCUT2D eigenvalue weighted by Gasteiger charge is -2.13. The highest BCUT2D eigenvalue weighted by Gasteiger charge is 2.08. The van der Waals surface area contributed by atoms with Crippen molar-refractivity contribution in [2.45, 2.75) is 6.92 Å². The Hall–Kier alpha value is -1.44. The van der Waals surface area contributed by atoms with Gasteiger partial charge in [0.2, 0.25) is 0 Å². The first kappa shape index (κ1) is 6.28. The van der Waals surface area contributed by atoms with E-state index in [1.165, 1.54) is 0 Å². The van der Waals surface area contributed by atoms with Gasteiger partial charge in [0.25, 0.3) is 0 Å². The molecule has 0 fully saturated rings. The standard InChI is InChI=1S/C9H8O2/c1-7-6-8-4-2-3-5-9(8)11-10-7/h2-6H,1H3. The van der Waals surface area contributed by atoms with Crippen LogP contribution >= 0.6 is 0 Å². The van der Waals surface area contributed by atoms with Gasteiger partial charge in [0, 0.05) is 5.56 Å². The molecule has 0 radical (unpaired) electrons. The number of fused-ring (bicyclic) bond motifs is 1. The molecule has 0 spiro atoms. The summed E-state index contributed by atoms with van der Waals surface area (Å²) in [6.07, 6.45) is 1.94. The van der Waals surface area contributed by atoms with Gasteiger partial charge in [-0.25, -0.2) is 0 Å². The summed E-state index contributed by atoms with van der Waals surface area (Å²) >= 11 is 0. The third-order valence-electron chi connectivity index (χ3n) is 1.54. The fourth-order valence-electron chi connectivity index (χ4n) is 1.03. The monoisotopic (exact) mass is 148 g/mol. The highest BCUT2D eigenvalue weighted by Crippen LogP contribution is 2.25. The van der Waals surface area contributed by atoms with Crippen molar-refractivity contribution in [1.29, 1.82) is 0 Å². The average Bonchev–Trinajstić information content (AvgIpc) is 2.04. The fraction of sp³-hybridized carbons (Fsp3) is 0.111. The fourth-order valence-corrected chi connectivity index (χ4v) is 1.03. The molecule has 11 heavy (non-hydrogen) atoms. The van der Waals surface area contributed by atoms with Crippen LogP contribution in [0.1, 0.15) is 12.5 Å². The second-order valence-corrected chi connectivity index (χ2v) is 2.46. The van der Waals surface area contributed by atoms with Crippen LogP contribution in [0.4, 0.5) is 0 Å². The second kappa shape index (κ2) is 2.31. The lowest BCUT2D eigenvalue weighted by atomic mass is 10.2. The van der Waals surface area contributed by atoms with Crippen LogP contribution < -0.4 is 4.89 Å². The van der Waals surface area contributed by atoms with Crippen LogP contribution in [0.3, 0.4) is 0 Å². The molecule has 0 atom stereocenters. The summed E-state index contributed by atoms with van der Waals surface area (Å²) in [5.41, 5.74) is 1.07. The maximum atomic E-state index is 4.97. The third kappa shape index (κ3) is 1.07. The predicted molar refractivity (Wildman–Crippen MR) is 41.8 cm³/mol. The molecule has 0 aliphatic carbocycles. The van der Waals surface area contributed by atoms with Crippen molar-refractivity contribution in [3.63, 3.8) is 0 Å². The van der Waals surface area contributed by atoms with Gasteiger partial charge in [-0.3, -0.25) is 9.78 Å². The van der Waals surface area contributed by atoms with Crippen molar-refractivity contribution >= 4 is 6.08 Å². The molecule has 2 heteroatoms. The normalized spacial score (nSPS) is 14.1. The van der Waals surface area contributed by atoms with Crippen LogP contribution in [-0.2, 0) is 4.89 Å². The summed E-state index contributed by atoms with van der Waals surface area (Å²) in [6, 6.07) is 7.74. The lowest BCUT2D eigenvalue weighted by Crippen LogP contribution is -2.01. The van der Waals surface area contributed by atoms with Crippen molar-refractivity contribution in [3.05, 3.63) is 35.6 Å². The third-order valence-corrected chi connectivity index (χ3v) is 1.54. The van der Waals surface area contributed by atoms with Gasteiger partial charge in [0.15, 0.2) is 11.5 Å². The minimum absolute atomic E-state index is 0.776. The summed E-state index contributed by atoms with van der Waals surface area (Å²) in [5, 5.41) is 0. The average molecular weight is 148 g/mol. The molecule has 56 valence electrons. The molecule has 2 nitrogen and oxygen atoms in total. The van der Waals surface area contributed by atoms with Gasteiger partial charge in [-0.2, -0.15) is 0 Å². The van der Waals surface area contributed by atoms with Crippen molar-refractivity contribution < 1.29 is 9.78 Å². The molecule has 1 aromatic carbocycles. The van der Waals surface area contributed by atoms with Gasteiger partial charge in [0.05, 0.1) is 0 Å². The number of hydrogen-bond donors (Lipinski definition) is 0. The second-order valence-electron chi connectivity index (χ2n) is 2.46. The number of allylic oxidation sites excluding steroid dienone is 1. The van der Waals surface area contributed by atoms with E-state index in [9.17, 15) is 0 Å². The van der Waals surface area contributed by atoms with Crippen LogP contribution in [0, 0.1) is 0 Å². The van der Waals surface area contributed by atoms with E-state index in [0.717, 1.165) is 17.1 Å². The topological polar surface area (TPSA) is 18.5 Å². The predicted octanol–water partition coefficient (Wildman–Crippen LogP) is 2.37. The Morgan fingerprint density at radius 2 is 1.91 bits per heavy atom. The molecule has 0 saturated carbocycles. The van der Waals surface area contributed by atoms with E-state index in [-0.39, 0.29) is 0 Å². The molecular formula is C9H8O2. The van der Waals surface area contributed by atoms with Gasteiger partial charge in [-0.05, 0) is 19.1 Å². The molecule has 2 rings (SSSR count). The maximum absolute atomic E-state index is 4.97. The molecule has 1 aromatic rings. The summed E-state index contributed by atoms with van der Waals surface area (Å²) in [4.78, 5) is 9.83. The molecule has 1 heterocycles. The van der Waals surface area contributed by atoms with Gasteiger partial charge in [-0.15, -0.1) is 0 Å². The Labute approximate surface area is 65.0 Å². The van der Waals surface area contributed by atoms with E-state index in [0.29, 0.717) is 0 Å². The lowest BCUT2D eigenvalue weighted by molar-refractivity contribution is -0.167. The maximum Gasteiger partial charge on any atom is 0.185 e. The Balaban J connectivity index is 2.51. The Kier molecular flexibility index (Phi) is 1.32. The Bertz CT molecular complexity index is 302. The van der Waals surface area contributed by atoms with E-state index in [1.807, 2.05) is 37.3 Å². The van der Waals surface area contributed by atoms with Crippen molar-refractivity contribution in [2.75, 3.05) is 0 Å². The van der Waals surface area contributed by atoms with Gasteiger partial charge in [-0.1, -0.05) is 18.2 Å². The molecule has 1 aliphatic heterocycles. The number of para-hydroxylation sites is 1. The minimum atomic E-state index is 0.776. The van der Waals surface area contributed by atoms with Crippen LogP contribution in [0.25, 0.3) is 6.08 Å². The van der Waals surface area contributed by atoms with E-state index in [2.05, 4.69) is 0 Å². The first-order chi connectivity index (χ1) is 5.36. The molecule has 0 unspecified atom stereocenters. The molecular weight excluding hydrogens is 140 g/mol. The van der Waals surface area contributed by atoms with Crippen LogP contribution in [-0.4, -0.2) is 0 Å². The quantitative estimate of drug-likeness (QED) is 0.526. The zero-order chi connectivity index (χ0) is 7.68. The van der Waals surface area contributed by atoms with Crippen LogP contribution in [0.15, 0.2) is 30.0 Å². The number of rotatable bonds is 0. The first-order valence-electron chi connectivity index (χ1n) is 3.48. The molecule has 1 aliphatic rings. The summed E-state index contributed by atoms with van der Waals surface area (Å²) in [5.74, 6) is 1.56. The summed E-state index contributed by atoms with van der Waals surface area (Å²) < 4.78 is 0. The van der Waals surface area contributed by atoms with E-state index in [4.69, 9.17) is 9.78 Å². The number of hydrogen-bond acceptors (Lipinski definition) is 2. The molecule has 0 saturated heterocycles. The molecule has 0 bridgehead atoms. The minimum Gasteiger partial charge on any atom is -0.295 e. The number of benzene rings is 1. The van der Waals surface area contributed by atoms with E-state index < -0.39 is 0 Å². The summed E-state index contributed by atoms with van der Waals surface area (Å²) in [6.45, 7) is 1.86. The molecule has 0 amide bonds. The zero-order valence-electron chi connectivity index (χ0n) is 6.20. The summed E-state index contributed by atoms with van der Waals surface area (Å²) in [7, 11) is 0. The van der Waals surface area contributed by atoms with Crippen molar-refractivity contribution in [1.82, 2.24) is 0 Å². The van der Waals surface area contributed by atoms with E-state index >= 15 is 0 Å². The van der Waals surface area contributed by atoms with Crippen molar-refractivity contribution in [3.8, 4) is 5.75 Å². The highest BCUT2D eigenvalue weighted by atomic mass is 17.2. The zero-order valence-corrected chi connectivity index (χ0v) is 6.20. The Morgan fingerprint density at radius 3 is 2.82 bits per heavy atom. The Morgan fingerprint density at radius 1 is 1.09 bits per heavy atom. The van der Waals surface area contributed by atoms with Crippen LogP contribution in [0.5, 0.6) is 5.75 Å². The van der Waals surface area contributed by atoms with E-state index in [1.54, 1.807) is 0 Å². The molecule has 0 N–H and O–H groups in total. The smallest absolute Gasteiger partial charge is 0.185 e. The van der Waals surface area contributed by atoms with Crippen LogP contribution in [0.2, 0.25) is 0 Å². The largest absolute Gasteiger partial charge is 0.295 e. The van der Waals surface area contributed by atoms with Gasteiger partial charge in [0.1, 0.15) is 0 Å². The van der Waals surface area contributed by atoms with Gasteiger partial charge >= 0.3 is 0 Å². The SMILES string of the molecule is CC1=Cc2ccccc2OO1. The first-order valence-corrected chi connectivity index (χ1v) is 3.48. The highest BCUT2D eigenvalue weighted by molar-refractivity contribution is 5.59. The van der Waals surface area contributed by atoms with Crippen molar-refractivity contribution in [2.24, 2.45) is 0 Å². The molecule has 0 aromatic heterocycles.